The fourth-order valence-electron chi connectivity index (χ4n) is 2.73. The Balaban J connectivity index is 1.50. The molecule has 0 bridgehead atoms. The minimum absolute atomic E-state index is 0.164. The molecule has 1 fully saturated rings. The van der Waals surface area contributed by atoms with Crippen molar-refractivity contribution in [3.8, 4) is 11.5 Å². The third kappa shape index (κ3) is 4.35. The van der Waals surface area contributed by atoms with Gasteiger partial charge in [-0.2, -0.15) is 0 Å². The highest BCUT2D eigenvalue weighted by atomic mass is 16.7. The van der Waals surface area contributed by atoms with E-state index in [1.165, 1.54) is 0 Å². The van der Waals surface area contributed by atoms with E-state index < -0.39 is 11.6 Å². The molecule has 1 aromatic carbocycles. The summed E-state index contributed by atoms with van der Waals surface area (Å²) in [7, 11) is 0. The average Bonchev–Trinajstić information content (AvgIpc) is 3.01. The Labute approximate surface area is 146 Å². The highest BCUT2D eigenvalue weighted by molar-refractivity contribution is 5.90. The topological polar surface area (TPSA) is 74.3 Å². The first-order valence-electron chi connectivity index (χ1n) is 8.40. The Morgan fingerprint density at radius 1 is 1.12 bits per heavy atom. The van der Waals surface area contributed by atoms with Crippen LogP contribution in [0.4, 0.5) is 4.79 Å². The molecule has 0 N–H and O–H groups in total. The van der Waals surface area contributed by atoms with Crippen LogP contribution in [-0.2, 0) is 9.47 Å². The minimum atomic E-state index is -0.514. The molecule has 2 aliphatic heterocycles. The van der Waals surface area contributed by atoms with Gasteiger partial charge in [0.2, 0.25) is 6.79 Å². The molecule has 3 rings (SSSR count). The molecule has 0 aromatic heterocycles. The highest BCUT2D eigenvalue weighted by Crippen LogP contribution is 2.33. The fourth-order valence-corrected chi connectivity index (χ4v) is 2.73. The van der Waals surface area contributed by atoms with Gasteiger partial charge in [0.05, 0.1) is 5.56 Å². The molecule has 0 aliphatic carbocycles. The fraction of sp³-hybridized carbons (Fsp3) is 0.556. The zero-order valence-electron chi connectivity index (χ0n) is 14.7. The van der Waals surface area contributed by atoms with Gasteiger partial charge in [0.1, 0.15) is 11.7 Å². The van der Waals surface area contributed by atoms with Crippen molar-refractivity contribution >= 4 is 12.1 Å². The van der Waals surface area contributed by atoms with E-state index in [1.807, 2.05) is 20.8 Å². The van der Waals surface area contributed by atoms with Crippen LogP contribution < -0.4 is 9.47 Å². The molecule has 0 unspecified atom stereocenters. The molecule has 0 radical (unpaired) electrons. The molecule has 2 aliphatic rings. The predicted octanol–water partition coefficient (Wildman–Crippen LogP) is 2.97. The van der Waals surface area contributed by atoms with E-state index in [4.69, 9.17) is 18.9 Å². The molecule has 0 spiro atoms. The second-order valence-electron chi connectivity index (χ2n) is 7.14. The number of rotatable bonds is 2. The van der Waals surface area contributed by atoms with Crippen LogP contribution in [0.5, 0.6) is 11.5 Å². The van der Waals surface area contributed by atoms with Gasteiger partial charge in [-0.15, -0.1) is 0 Å². The van der Waals surface area contributed by atoms with Gasteiger partial charge in [0.15, 0.2) is 11.5 Å². The first-order chi connectivity index (χ1) is 11.8. The Hall–Kier alpha value is -2.44. The summed E-state index contributed by atoms with van der Waals surface area (Å²) in [6, 6.07) is 4.98. The van der Waals surface area contributed by atoms with Gasteiger partial charge in [-0.3, -0.25) is 0 Å². The summed E-state index contributed by atoms with van der Waals surface area (Å²) < 4.78 is 21.4. The van der Waals surface area contributed by atoms with E-state index >= 15 is 0 Å². The van der Waals surface area contributed by atoms with Crippen molar-refractivity contribution in [1.82, 2.24) is 4.90 Å². The summed E-state index contributed by atoms with van der Waals surface area (Å²) in [6.07, 6.45) is 0.648. The second kappa shape index (κ2) is 6.82. The Kier molecular flexibility index (Phi) is 4.74. The number of hydrogen-bond donors (Lipinski definition) is 0. The third-order valence-corrected chi connectivity index (χ3v) is 3.98. The molecule has 1 aromatic rings. The van der Waals surface area contributed by atoms with Gasteiger partial charge < -0.3 is 23.8 Å². The number of nitrogens with zero attached hydrogens (tertiary/aromatic N) is 1. The van der Waals surface area contributed by atoms with Gasteiger partial charge >= 0.3 is 12.1 Å². The van der Waals surface area contributed by atoms with Crippen molar-refractivity contribution in [2.24, 2.45) is 0 Å². The standard InChI is InChI=1S/C18H23NO6/c1-18(2,3)25-17(21)19-8-6-13(7-9-19)24-16(20)12-4-5-14-15(10-12)23-11-22-14/h4-5,10,13H,6-9,11H2,1-3H3. The van der Waals surface area contributed by atoms with Crippen molar-refractivity contribution in [2.75, 3.05) is 19.9 Å². The van der Waals surface area contributed by atoms with Crippen molar-refractivity contribution in [3.05, 3.63) is 23.8 Å². The number of carbonyl (C=O) groups is 2. The maximum absolute atomic E-state index is 12.3. The van der Waals surface area contributed by atoms with Crippen molar-refractivity contribution in [3.63, 3.8) is 0 Å². The van der Waals surface area contributed by atoms with Gasteiger partial charge in [-0.25, -0.2) is 9.59 Å². The van der Waals surface area contributed by atoms with Crippen LogP contribution in [0.1, 0.15) is 44.0 Å². The van der Waals surface area contributed by atoms with E-state index in [2.05, 4.69) is 0 Å². The summed E-state index contributed by atoms with van der Waals surface area (Å²) in [5.41, 5.74) is -0.0847. The van der Waals surface area contributed by atoms with Crippen LogP contribution >= 0.6 is 0 Å². The number of esters is 1. The third-order valence-electron chi connectivity index (χ3n) is 3.98. The lowest BCUT2D eigenvalue weighted by Crippen LogP contribution is -2.43. The van der Waals surface area contributed by atoms with E-state index in [-0.39, 0.29) is 19.0 Å². The molecule has 136 valence electrons. The number of amides is 1. The summed E-state index contributed by atoms with van der Waals surface area (Å²) in [5, 5.41) is 0. The maximum Gasteiger partial charge on any atom is 0.410 e. The number of benzene rings is 1. The van der Waals surface area contributed by atoms with Gasteiger partial charge in [-0.05, 0) is 39.0 Å². The molecule has 1 amide bonds. The quantitative estimate of drug-likeness (QED) is 0.764. The zero-order chi connectivity index (χ0) is 18.0. The first kappa shape index (κ1) is 17.4. The normalized spacial score (nSPS) is 17.3. The molecular weight excluding hydrogens is 326 g/mol. The Bertz CT molecular complexity index is 658. The molecule has 7 heteroatoms. The van der Waals surface area contributed by atoms with Crippen molar-refractivity contribution in [1.29, 1.82) is 0 Å². The van der Waals surface area contributed by atoms with Gasteiger partial charge in [0.25, 0.3) is 0 Å². The van der Waals surface area contributed by atoms with Crippen molar-refractivity contribution < 1.29 is 28.5 Å². The molecule has 0 saturated carbocycles. The molecule has 2 heterocycles. The summed E-state index contributed by atoms with van der Waals surface area (Å²) in [5.74, 6) is 0.783. The van der Waals surface area contributed by atoms with Crippen LogP contribution in [0, 0.1) is 0 Å². The number of carbonyl (C=O) groups excluding carboxylic acids is 2. The predicted molar refractivity (Wildman–Crippen MR) is 88.8 cm³/mol. The molecule has 1 saturated heterocycles. The first-order valence-corrected chi connectivity index (χ1v) is 8.40. The second-order valence-corrected chi connectivity index (χ2v) is 7.14. The average molecular weight is 349 g/mol. The highest BCUT2D eigenvalue weighted by Gasteiger charge is 2.29. The van der Waals surface area contributed by atoms with Gasteiger partial charge in [0, 0.05) is 25.9 Å². The number of hydrogen-bond acceptors (Lipinski definition) is 6. The van der Waals surface area contributed by atoms with E-state index in [1.54, 1.807) is 23.1 Å². The van der Waals surface area contributed by atoms with Crippen LogP contribution in [0.3, 0.4) is 0 Å². The summed E-state index contributed by atoms with van der Waals surface area (Å²) >= 11 is 0. The van der Waals surface area contributed by atoms with Crippen molar-refractivity contribution in [2.45, 2.75) is 45.3 Å². The monoisotopic (exact) mass is 349 g/mol. The van der Waals surface area contributed by atoms with Crippen LogP contribution in [-0.4, -0.2) is 48.5 Å². The minimum Gasteiger partial charge on any atom is -0.459 e. The molecule has 7 nitrogen and oxygen atoms in total. The Morgan fingerprint density at radius 2 is 1.80 bits per heavy atom. The van der Waals surface area contributed by atoms with E-state index in [9.17, 15) is 9.59 Å². The zero-order valence-corrected chi connectivity index (χ0v) is 14.7. The smallest absolute Gasteiger partial charge is 0.410 e. The Morgan fingerprint density at radius 3 is 2.48 bits per heavy atom. The largest absolute Gasteiger partial charge is 0.459 e. The molecule has 0 atom stereocenters. The van der Waals surface area contributed by atoms with E-state index in [0.717, 1.165) is 0 Å². The van der Waals surface area contributed by atoms with E-state index in [0.29, 0.717) is 43.0 Å². The lowest BCUT2D eigenvalue weighted by atomic mass is 10.1. The number of fused-ring (bicyclic) bond motifs is 1. The van der Waals surface area contributed by atoms with Gasteiger partial charge in [-0.1, -0.05) is 0 Å². The summed E-state index contributed by atoms with van der Waals surface area (Å²) in [4.78, 5) is 26.0. The lowest BCUT2D eigenvalue weighted by Gasteiger charge is -2.33. The SMILES string of the molecule is CC(C)(C)OC(=O)N1CCC(OC(=O)c2ccc3c(c2)OCO3)CC1. The lowest BCUT2D eigenvalue weighted by molar-refractivity contribution is -0.00342. The molecule has 25 heavy (non-hydrogen) atoms. The maximum atomic E-state index is 12.3. The number of piperidine rings is 1. The van der Waals surface area contributed by atoms with Crippen LogP contribution in [0.15, 0.2) is 18.2 Å². The van der Waals surface area contributed by atoms with Crippen LogP contribution in [0.25, 0.3) is 0 Å². The number of ether oxygens (including phenoxy) is 4. The number of likely N-dealkylation sites (tertiary alicyclic amines) is 1. The summed E-state index contributed by atoms with van der Waals surface area (Å²) in [6.45, 7) is 6.69. The molecular formula is C18H23NO6. The van der Waals surface area contributed by atoms with Crippen LogP contribution in [0.2, 0.25) is 0 Å².